The topological polar surface area (TPSA) is 4.93 Å². The van der Waals surface area contributed by atoms with E-state index in [1.165, 1.54) is 43.4 Å². The fourth-order valence-corrected chi connectivity index (χ4v) is 4.12. The predicted molar refractivity (Wildman–Crippen MR) is 105 cm³/mol. The zero-order chi connectivity index (χ0) is 16.3. The molecule has 0 spiro atoms. The molecule has 1 aromatic heterocycles. The maximum absolute atomic E-state index is 2.50. The zero-order valence-corrected chi connectivity index (χ0v) is 14.0. The first kappa shape index (κ1) is 13.6. The predicted octanol–water partition coefficient (Wildman–Crippen LogP) is 6.68. The Hall–Kier alpha value is -2.80. The fraction of sp³-hybridized carbons (Fsp3) is 0.130. The molecular formula is C23H19N. The maximum atomic E-state index is 2.50. The minimum Gasteiger partial charge on any atom is -0.337 e. The molecule has 24 heavy (non-hydrogen) atoms. The summed E-state index contributed by atoms with van der Waals surface area (Å²) in [6, 6.07) is 26.9. The molecule has 0 fully saturated rings. The molecule has 0 aliphatic heterocycles. The van der Waals surface area contributed by atoms with Gasteiger partial charge in [-0.2, -0.15) is 0 Å². The lowest BCUT2D eigenvalue weighted by molar-refractivity contribution is 0.643. The van der Waals surface area contributed by atoms with Crippen LogP contribution in [0.4, 0.5) is 0 Å². The molecule has 0 bridgehead atoms. The first-order chi connectivity index (χ1) is 11.8. The lowest BCUT2D eigenvalue weighted by Gasteiger charge is -2.13. The second kappa shape index (κ2) is 4.85. The van der Waals surface area contributed by atoms with Gasteiger partial charge in [0.15, 0.2) is 0 Å². The number of hydrogen-bond donors (Lipinski definition) is 0. The van der Waals surface area contributed by atoms with Gasteiger partial charge < -0.3 is 4.57 Å². The van der Waals surface area contributed by atoms with Gasteiger partial charge in [-0.25, -0.2) is 0 Å². The van der Waals surface area contributed by atoms with Gasteiger partial charge in [0.1, 0.15) is 0 Å². The van der Waals surface area contributed by atoms with E-state index >= 15 is 0 Å². The van der Waals surface area contributed by atoms with Crippen LogP contribution in [0.5, 0.6) is 0 Å². The minimum absolute atomic E-state index is 0.414. The van der Waals surface area contributed by atoms with E-state index in [4.69, 9.17) is 0 Å². The van der Waals surface area contributed by atoms with Crippen molar-refractivity contribution in [2.45, 2.75) is 19.9 Å². The maximum Gasteiger partial charge on any atom is 0.0573 e. The lowest BCUT2D eigenvalue weighted by Crippen LogP contribution is -2.00. The first-order valence-corrected chi connectivity index (χ1v) is 8.59. The van der Waals surface area contributed by atoms with E-state index in [-0.39, 0.29) is 0 Å². The molecule has 0 unspecified atom stereocenters. The number of aromatic nitrogens is 1. The van der Waals surface area contributed by atoms with Gasteiger partial charge in [0.2, 0.25) is 0 Å². The standard InChI is InChI=1S/C23H19N/c1-15(2)24-21-14-12-16-7-3-5-9-18(16)22(21)20-13-11-17-8-4-6-10-19(17)23(20)24/h3-15H,1-2H3. The quantitative estimate of drug-likeness (QED) is 0.325. The van der Waals surface area contributed by atoms with Crippen LogP contribution in [-0.2, 0) is 0 Å². The van der Waals surface area contributed by atoms with Gasteiger partial charge >= 0.3 is 0 Å². The molecule has 0 radical (unpaired) electrons. The van der Waals surface area contributed by atoms with Crippen LogP contribution in [-0.4, -0.2) is 4.57 Å². The second-order valence-corrected chi connectivity index (χ2v) is 6.83. The van der Waals surface area contributed by atoms with E-state index in [1.54, 1.807) is 0 Å². The third-order valence-electron chi connectivity index (χ3n) is 5.09. The van der Waals surface area contributed by atoms with Crippen LogP contribution in [0.15, 0.2) is 72.8 Å². The molecule has 1 heterocycles. The highest BCUT2D eigenvalue weighted by molar-refractivity contribution is 6.25. The highest BCUT2D eigenvalue weighted by atomic mass is 15.0. The van der Waals surface area contributed by atoms with E-state index in [0.29, 0.717) is 6.04 Å². The lowest BCUT2D eigenvalue weighted by atomic mass is 10.0. The average molecular weight is 309 g/mol. The first-order valence-electron chi connectivity index (χ1n) is 8.59. The second-order valence-electron chi connectivity index (χ2n) is 6.83. The van der Waals surface area contributed by atoms with Crippen molar-refractivity contribution in [2.75, 3.05) is 0 Å². The summed E-state index contributed by atoms with van der Waals surface area (Å²) in [5.74, 6) is 0. The Kier molecular flexibility index (Phi) is 2.75. The van der Waals surface area contributed by atoms with Crippen molar-refractivity contribution in [3.8, 4) is 0 Å². The van der Waals surface area contributed by atoms with Crippen molar-refractivity contribution in [3.05, 3.63) is 72.8 Å². The molecule has 5 aromatic rings. The normalized spacial score (nSPS) is 12.1. The number of nitrogens with zero attached hydrogens (tertiary/aromatic N) is 1. The van der Waals surface area contributed by atoms with Crippen LogP contribution >= 0.6 is 0 Å². The van der Waals surface area contributed by atoms with Gasteiger partial charge in [0, 0.05) is 27.7 Å². The Morgan fingerprint density at radius 2 is 1.25 bits per heavy atom. The minimum atomic E-state index is 0.414. The molecule has 0 aliphatic carbocycles. The van der Waals surface area contributed by atoms with Crippen molar-refractivity contribution in [3.63, 3.8) is 0 Å². The molecule has 1 heteroatoms. The van der Waals surface area contributed by atoms with Crippen molar-refractivity contribution < 1.29 is 0 Å². The van der Waals surface area contributed by atoms with E-state index in [2.05, 4.69) is 91.2 Å². The highest BCUT2D eigenvalue weighted by Crippen LogP contribution is 2.39. The molecule has 0 saturated carbocycles. The number of benzene rings is 4. The van der Waals surface area contributed by atoms with Crippen molar-refractivity contribution in [2.24, 2.45) is 0 Å². The van der Waals surface area contributed by atoms with Crippen LogP contribution in [0, 0.1) is 0 Å². The summed E-state index contributed by atoms with van der Waals surface area (Å²) in [6.07, 6.45) is 0. The van der Waals surface area contributed by atoms with Crippen molar-refractivity contribution in [1.29, 1.82) is 0 Å². The number of rotatable bonds is 1. The van der Waals surface area contributed by atoms with Gasteiger partial charge in [-0.05, 0) is 36.1 Å². The zero-order valence-electron chi connectivity index (χ0n) is 14.0. The summed E-state index contributed by atoms with van der Waals surface area (Å²) >= 11 is 0. The van der Waals surface area contributed by atoms with Crippen LogP contribution in [0.1, 0.15) is 19.9 Å². The Balaban J connectivity index is 2.15. The third-order valence-corrected chi connectivity index (χ3v) is 5.09. The SMILES string of the molecule is CC(C)n1c2ccc3ccccc3c2c2ccc3ccccc3c21. The summed E-state index contributed by atoms with van der Waals surface area (Å²) in [5.41, 5.74) is 2.68. The largest absolute Gasteiger partial charge is 0.337 e. The van der Waals surface area contributed by atoms with Gasteiger partial charge in [-0.3, -0.25) is 0 Å². The van der Waals surface area contributed by atoms with Gasteiger partial charge in [0.25, 0.3) is 0 Å². The molecule has 0 atom stereocenters. The van der Waals surface area contributed by atoms with E-state index in [9.17, 15) is 0 Å². The molecule has 0 amide bonds. The Labute approximate surface area is 141 Å². The molecular weight excluding hydrogens is 290 g/mol. The molecule has 0 saturated heterocycles. The molecule has 4 aromatic carbocycles. The number of hydrogen-bond acceptors (Lipinski definition) is 0. The molecule has 1 nitrogen and oxygen atoms in total. The summed E-state index contributed by atoms with van der Waals surface area (Å²) < 4.78 is 2.50. The van der Waals surface area contributed by atoms with E-state index in [0.717, 1.165) is 0 Å². The Morgan fingerprint density at radius 1 is 0.625 bits per heavy atom. The fourth-order valence-electron chi connectivity index (χ4n) is 4.12. The summed E-state index contributed by atoms with van der Waals surface area (Å²) in [7, 11) is 0. The Bertz CT molecular complexity index is 1220. The highest BCUT2D eigenvalue weighted by Gasteiger charge is 2.16. The summed E-state index contributed by atoms with van der Waals surface area (Å²) in [5, 5.41) is 8.02. The number of fused-ring (bicyclic) bond motifs is 7. The molecule has 0 aliphatic rings. The van der Waals surface area contributed by atoms with E-state index < -0.39 is 0 Å². The van der Waals surface area contributed by atoms with Crippen molar-refractivity contribution >= 4 is 43.4 Å². The average Bonchev–Trinajstić information content (AvgIpc) is 2.97. The van der Waals surface area contributed by atoms with Crippen LogP contribution in [0.3, 0.4) is 0 Å². The van der Waals surface area contributed by atoms with Crippen LogP contribution in [0.2, 0.25) is 0 Å². The Morgan fingerprint density at radius 3 is 2.00 bits per heavy atom. The van der Waals surface area contributed by atoms with Gasteiger partial charge in [-0.1, -0.05) is 66.7 Å². The van der Waals surface area contributed by atoms with Gasteiger partial charge in [-0.15, -0.1) is 0 Å². The molecule has 5 rings (SSSR count). The van der Waals surface area contributed by atoms with Crippen LogP contribution in [0.25, 0.3) is 43.4 Å². The van der Waals surface area contributed by atoms with E-state index in [1.807, 2.05) is 0 Å². The monoisotopic (exact) mass is 309 g/mol. The van der Waals surface area contributed by atoms with Crippen molar-refractivity contribution in [1.82, 2.24) is 4.57 Å². The van der Waals surface area contributed by atoms with Gasteiger partial charge in [0.05, 0.1) is 5.52 Å². The molecule has 116 valence electrons. The summed E-state index contributed by atoms with van der Waals surface area (Å²) in [4.78, 5) is 0. The smallest absolute Gasteiger partial charge is 0.0573 e. The summed E-state index contributed by atoms with van der Waals surface area (Å²) in [6.45, 7) is 4.55. The molecule has 0 N–H and O–H groups in total. The third kappa shape index (κ3) is 1.70. The van der Waals surface area contributed by atoms with Crippen LogP contribution < -0.4 is 0 Å².